The molecule has 3 amide bonds. The average Bonchev–Trinajstić information content (AvgIpc) is 3.04. The monoisotopic (exact) mass is 324 g/mol. The number of H-pyrrole nitrogens is 1. The van der Waals surface area contributed by atoms with Crippen LogP contribution in [0.1, 0.15) is 10.4 Å². The number of aromatic nitrogens is 1. The minimum absolute atomic E-state index is 0.414. The topological polar surface area (TPSA) is 95.2 Å². The number of urea groups is 1. The van der Waals surface area contributed by atoms with Crippen LogP contribution in [0.15, 0.2) is 54.7 Å². The van der Waals surface area contributed by atoms with Crippen molar-refractivity contribution in [2.45, 2.75) is 0 Å². The standard InChI is InChI=1S/C17H16N4O3/c1-24-15-9-5-4-8-14(15)19-17(23)21-20-16(22)12-10-18-13-7-3-2-6-11(12)13/h2-10,18H,1H3,(H,20,22)(H2,19,21,23). The number of carbonyl (C=O) groups excluding carboxylic acids is 2. The molecule has 2 aromatic carbocycles. The molecule has 122 valence electrons. The summed E-state index contributed by atoms with van der Waals surface area (Å²) in [5.74, 6) is 0.109. The first-order valence-corrected chi connectivity index (χ1v) is 7.25. The first kappa shape index (κ1) is 15.4. The molecule has 0 aliphatic heterocycles. The molecule has 0 fully saturated rings. The largest absolute Gasteiger partial charge is 0.495 e. The van der Waals surface area contributed by atoms with E-state index in [0.29, 0.717) is 17.0 Å². The number of aromatic amines is 1. The molecule has 1 heterocycles. The highest BCUT2D eigenvalue weighted by Crippen LogP contribution is 2.22. The van der Waals surface area contributed by atoms with Gasteiger partial charge in [0, 0.05) is 17.1 Å². The van der Waals surface area contributed by atoms with E-state index >= 15 is 0 Å². The highest BCUT2D eigenvalue weighted by Gasteiger charge is 2.13. The molecule has 0 aliphatic carbocycles. The van der Waals surface area contributed by atoms with Gasteiger partial charge in [0.25, 0.3) is 5.91 Å². The van der Waals surface area contributed by atoms with Crippen LogP contribution in [-0.4, -0.2) is 24.0 Å². The summed E-state index contributed by atoms with van der Waals surface area (Å²) < 4.78 is 5.14. The number of hydrogen-bond acceptors (Lipinski definition) is 3. The lowest BCUT2D eigenvalue weighted by molar-refractivity contribution is 0.0939. The molecule has 0 atom stereocenters. The van der Waals surface area contributed by atoms with Crippen LogP contribution in [0.2, 0.25) is 0 Å². The third kappa shape index (κ3) is 3.14. The fourth-order valence-electron chi connectivity index (χ4n) is 2.34. The number of hydrogen-bond donors (Lipinski definition) is 4. The van der Waals surface area contributed by atoms with E-state index in [4.69, 9.17) is 4.74 Å². The third-order valence-electron chi connectivity index (χ3n) is 3.48. The van der Waals surface area contributed by atoms with E-state index in [-0.39, 0.29) is 0 Å². The molecule has 7 nitrogen and oxygen atoms in total. The Balaban J connectivity index is 1.63. The first-order chi connectivity index (χ1) is 11.7. The van der Waals surface area contributed by atoms with Crippen molar-refractivity contribution in [1.82, 2.24) is 15.8 Å². The van der Waals surface area contributed by atoms with Crippen molar-refractivity contribution in [1.29, 1.82) is 0 Å². The van der Waals surface area contributed by atoms with Gasteiger partial charge >= 0.3 is 6.03 Å². The summed E-state index contributed by atoms with van der Waals surface area (Å²) in [5, 5.41) is 3.38. The lowest BCUT2D eigenvalue weighted by atomic mass is 10.2. The first-order valence-electron chi connectivity index (χ1n) is 7.25. The van der Waals surface area contributed by atoms with Gasteiger partial charge in [-0.05, 0) is 18.2 Å². The highest BCUT2D eigenvalue weighted by atomic mass is 16.5. The molecule has 0 radical (unpaired) electrons. The predicted octanol–water partition coefficient (Wildman–Crippen LogP) is 2.64. The summed E-state index contributed by atoms with van der Waals surface area (Å²) in [6.45, 7) is 0. The van der Waals surface area contributed by atoms with Crippen LogP contribution in [0, 0.1) is 0 Å². The summed E-state index contributed by atoms with van der Waals surface area (Å²) in [5.41, 5.74) is 6.48. The molecule has 24 heavy (non-hydrogen) atoms. The molecule has 4 N–H and O–H groups in total. The lowest BCUT2D eigenvalue weighted by Crippen LogP contribution is -2.43. The van der Waals surface area contributed by atoms with Gasteiger partial charge in [0.1, 0.15) is 5.75 Å². The summed E-state index contributed by atoms with van der Waals surface area (Å²) >= 11 is 0. The second-order valence-electron chi connectivity index (χ2n) is 4.98. The number of amides is 3. The Morgan fingerprint density at radius 1 is 1.00 bits per heavy atom. The van der Waals surface area contributed by atoms with Crippen molar-refractivity contribution in [2.75, 3.05) is 12.4 Å². The van der Waals surface area contributed by atoms with Gasteiger partial charge in [-0.25, -0.2) is 10.2 Å². The maximum absolute atomic E-state index is 12.2. The van der Waals surface area contributed by atoms with Crippen LogP contribution >= 0.6 is 0 Å². The van der Waals surface area contributed by atoms with E-state index in [9.17, 15) is 9.59 Å². The van der Waals surface area contributed by atoms with E-state index in [1.54, 1.807) is 30.5 Å². The van der Waals surface area contributed by atoms with Crippen molar-refractivity contribution in [3.8, 4) is 5.75 Å². The number of carbonyl (C=O) groups is 2. The van der Waals surface area contributed by atoms with Crippen molar-refractivity contribution in [2.24, 2.45) is 0 Å². The van der Waals surface area contributed by atoms with Crippen LogP contribution in [0.25, 0.3) is 10.9 Å². The molecule has 0 unspecified atom stereocenters. The molecule has 1 aromatic heterocycles. The molecule has 7 heteroatoms. The Kier molecular flexibility index (Phi) is 4.33. The Bertz CT molecular complexity index is 888. The van der Waals surface area contributed by atoms with Crippen molar-refractivity contribution in [3.63, 3.8) is 0 Å². The summed E-state index contributed by atoms with van der Waals surface area (Å²) in [6, 6.07) is 13.8. The number of benzene rings is 2. The van der Waals surface area contributed by atoms with Gasteiger partial charge in [0.05, 0.1) is 18.4 Å². The molecular weight excluding hydrogens is 308 g/mol. The minimum Gasteiger partial charge on any atom is -0.495 e. The molecule has 0 spiro atoms. The Morgan fingerprint density at radius 2 is 1.75 bits per heavy atom. The molecule has 3 aromatic rings. The van der Waals surface area contributed by atoms with E-state index in [1.165, 1.54) is 7.11 Å². The third-order valence-corrected chi connectivity index (χ3v) is 3.48. The lowest BCUT2D eigenvalue weighted by Gasteiger charge is -2.11. The Morgan fingerprint density at radius 3 is 2.58 bits per heavy atom. The van der Waals surface area contributed by atoms with Gasteiger partial charge in [0.15, 0.2) is 0 Å². The second kappa shape index (κ2) is 6.74. The minimum atomic E-state index is -0.576. The summed E-state index contributed by atoms with van der Waals surface area (Å²) in [7, 11) is 1.51. The van der Waals surface area contributed by atoms with Crippen molar-refractivity contribution in [3.05, 3.63) is 60.3 Å². The molecule has 0 bridgehead atoms. The van der Waals surface area contributed by atoms with Crippen LogP contribution in [0.5, 0.6) is 5.75 Å². The molecule has 0 saturated heterocycles. The number of fused-ring (bicyclic) bond motifs is 1. The van der Waals surface area contributed by atoms with Crippen molar-refractivity contribution >= 4 is 28.5 Å². The molecular formula is C17H16N4O3. The SMILES string of the molecule is COc1ccccc1NC(=O)NNC(=O)c1c[nH]c2ccccc12. The average molecular weight is 324 g/mol. The van der Waals surface area contributed by atoms with Gasteiger partial charge in [-0.15, -0.1) is 0 Å². The summed E-state index contributed by atoms with van der Waals surface area (Å²) in [4.78, 5) is 27.1. The van der Waals surface area contributed by atoms with Gasteiger partial charge in [-0.1, -0.05) is 30.3 Å². The zero-order valence-electron chi connectivity index (χ0n) is 12.9. The maximum atomic E-state index is 12.2. The predicted molar refractivity (Wildman–Crippen MR) is 90.9 cm³/mol. The van der Waals surface area contributed by atoms with Crippen LogP contribution in [0.4, 0.5) is 10.5 Å². The molecule has 3 rings (SSSR count). The molecule has 0 aliphatic rings. The van der Waals surface area contributed by atoms with E-state index in [0.717, 1.165) is 10.9 Å². The van der Waals surface area contributed by atoms with E-state index in [1.807, 2.05) is 24.3 Å². The van der Waals surface area contributed by atoms with Gasteiger partial charge < -0.3 is 15.0 Å². The molecule has 0 saturated carbocycles. The fourth-order valence-corrected chi connectivity index (χ4v) is 2.34. The number of hydrazine groups is 1. The quantitative estimate of drug-likeness (QED) is 0.558. The van der Waals surface area contributed by atoms with Crippen molar-refractivity contribution < 1.29 is 14.3 Å². The number of methoxy groups -OCH3 is 1. The zero-order valence-corrected chi connectivity index (χ0v) is 12.9. The number of ether oxygens (including phenoxy) is 1. The number of nitrogens with one attached hydrogen (secondary N) is 4. The maximum Gasteiger partial charge on any atom is 0.338 e. The van der Waals surface area contributed by atoms with Crippen LogP contribution < -0.4 is 20.9 Å². The smallest absolute Gasteiger partial charge is 0.338 e. The Hall–Kier alpha value is -3.48. The second-order valence-corrected chi connectivity index (χ2v) is 4.98. The summed E-state index contributed by atoms with van der Waals surface area (Å²) in [6.07, 6.45) is 1.60. The van der Waals surface area contributed by atoms with Gasteiger partial charge in [-0.3, -0.25) is 10.2 Å². The van der Waals surface area contributed by atoms with Crippen LogP contribution in [0.3, 0.4) is 0 Å². The number of para-hydroxylation sites is 3. The van der Waals surface area contributed by atoms with E-state index < -0.39 is 11.9 Å². The number of anilines is 1. The van der Waals surface area contributed by atoms with E-state index in [2.05, 4.69) is 21.2 Å². The van der Waals surface area contributed by atoms with Crippen LogP contribution in [-0.2, 0) is 0 Å². The highest BCUT2D eigenvalue weighted by molar-refractivity contribution is 6.07. The number of rotatable bonds is 3. The zero-order chi connectivity index (χ0) is 16.9. The van der Waals surface area contributed by atoms with Gasteiger partial charge in [-0.2, -0.15) is 0 Å². The van der Waals surface area contributed by atoms with Gasteiger partial charge in [0.2, 0.25) is 0 Å². The normalized spacial score (nSPS) is 10.2. The Labute approximate surface area is 138 Å². The fraction of sp³-hybridized carbons (Fsp3) is 0.0588.